The summed E-state index contributed by atoms with van der Waals surface area (Å²) in [6.45, 7) is 6.51. The first-order chi connectivity index (χ1) is 12.0. The molecule has 0 aromatic heterocycles. The van der Waals surface area contributed by atoms with Gasteiger partial charge in [0.15, 0.2) is 0 Å². The monoisotopic (exact) mass is 402 g/mol. The number of likely N-dealkylation sites (tertiary alicyclic amines) is 1. The third-order valence-corrected chi connectivity index (χ3v) is 4.62. The van der Waals surface area contributed by atoms with Gasteiger partial charge in [-0.1, -0.05) is 29.3 Å². The molecule has 0 unspecified atom stereocenters. The Kier molecular flexibility index (Phi) is 6.42. The van der Waals surface area contributed by atoms with Crippen LogP contribution in [-0.4, -0.2) is 52.8 Å². The largest absolute Gasteiger partial charge is 0.481 e. The van der Waals surface area contributed by atoms with E-state index in [0.717, 1.165) is 5.56 Å². The Morgan fingerprint density at radius 3 is 2.50 bits per heavy atom. The maximum atomic E-state index is 12.1. The molecule has 1 aromatic carbocycles. The standard InChI is InChI=1S/C18H24Cl2N2O4/c1-17(2,3)26-16(25)22-10-18(11-22,9-15(23)24)21-7-6-12-4-5-13(19)8-14(12)20/h4-5,8,21H,6-7,9-11H2,1-3H3,(H,23,24). The quantitative estimate of drug-likeness (QED) is 0.759. The van der Waals surface area contributed by atoms with Gasteiger partial charge in [-0.25, -0.2) is 4.79 Å². The summed E-state index contributed by atoms with van der Waals surface area (Å²) < 4.78 is 5.32. The smallest absolute Gasteiger partial charge is 0.410 e. The SMILES string of the molecule is CC(C)(C)OC(=O)N1CC(CC(=O)O)(NCCc2ccc(Cl)cc2Cl)C1. The molecular weight excluding hydrogens is 379 g/mol. The third kappa shape index (κ3) is 5.76. The van der Waals surface area contributed by atoms with Gasteiger partial charge in [-0.05, 0) is 51.4 Å². The summed E-state index contributed by atoms with van der Waals surface area (Å²) >= 11 is 12.1. The fourth-order valence-electron chi connectivity index (χ4n) is 2.90. The van der Waals surface area contributed by atoms with Crippen molar-refractivity contribution in [3.8, 4) is 0 Å². The van der Waals surface area contributed by atoms with Crippen LogP contribution < -0.4 is 5.32 Å². The summed E-state index contributed by atoms with van der Waals surface area (Å²) in [4.78, 5) is 24.8. The molecule has 1 amide bonds. The van der Waals surface area contributed by atoms with Crippen molar-refractivity contribution in [1.82, 2.24) is 10.2 Å². The molecule has 0 radical (unpaired) electrons. The van der Waals surface area contributed by atoms with Gasteiger partial charge >= 0.3 is 12.1 Å². The van der Waals surface area contributed by atoms with Crippen molar-refractivity contribution in [2.24, 2.45) is 0 Å². The highest BCUT2D eigenvalue weighted by molar-refractivity contribution is 6.35. The van der Waals surface area contributed by atoms with Gasteiger partial charge in [-0.3, -0.25) is 4.79 Å². The molecule has 1 aliphatic rings. The molecule has 144 valence electrons. The van der Waals surface area contributed by atoms with Gasteiger partial charge in [0.25, 0.3) is 0 Å². The van der Waals surface area contributed by atoms with E-state index in [-0.39, 0.29) is 6.42 Å². The molecule has 2 N–H and O–H groups in total. The molecule has 0 saturated carbocycles. The summed E-state index contributed by atoms with van der Waals surface area (Å²) in [5.41, 5.74) is -0.305. The zero-order valence-corrected chi connectivity index (χ0v) is 16.7. The van der Waals surface area contributed by atoms with E-state index < -0.39 is 23.2 Å². The molecule has 1 aromatic rings. The lowest BCUT2D eigenvalue weighted by Gasteiger charge is -2.49. The number of carbonyl (C=O) groups is 2. The number of hydrogen-bond donors (Lipinski definition) is 2. The number of nitrogens with one attached hydrogen (secondary N) is 1. The number of carbonyl (C=O) groups excluding carboxylic acids is 1. The topological polar surface area (TPSA) is 78.9 Å². The maximum Gasteiger partial charge on any atom is 0.410 e. The molecule has 8 heteroatoms. The van der Waals surface area contributed by atoms with E-state index in [4.69, 9.17) is 27.9 Å². The summed E-state index contributed by atoms with van der Waals surface area (Å²) in [5, 5.41) is 13.6. The number of amides is 1. The van der Waals surface area contributed by atoms with E-state index in [1.807, 2.05) is 6.07 Å². The van der Waals surface area contributed by atoms with E-state index >= 15 is 0 Å². The highest BCUT2D eigenvalue weighted by Gasteiger charge is 2.47. The van der Waals surface area contributed by atoms with Crippen molar-refractivity contribution in [1.29, 1.82) is 0 Å². The van der Waals surface area contributed by atoms with E-state index in [1.54, 1.807) is 32.9 Å². The van der Waals surface area contributed by atoms with E-state index in [0.29, 0.717) is 36.1 Å². The van der Waals surface area contributed by atoms with Gasteiger partial charge < -0.3 is 20.1 Å². The van der Waals surface area contributed by atoms with Crippen LogP contribution in [-0.2, 0) is 16.0 Å². The molecule has 0 spiro atoms. The van der Waals surface area contributed by atoms with Crippen molar-refractivity contribution in [3.63, 3.8) is 0 Å². The van der Waals surface area contributed by atoms with Crippen LogP contribution in [0.2, 0.25) is 10.0 Å². The molecule has 0 atom stereocenters. The molecule has 1 aliphatic heterocycles. The Balaban J connectivity index is 1.92. The van der Waals surface area contributed by atoms with Crippen molar-refractivity contribution in [2.75, 3.05) is 19.6 Å². The van der Waals surface area contributed by atoms with Gasteiger partial charge in [0.2, 0.25) is 0 Å². The normalized spacial score (nSPS) is 16.1. The Hall–Kier alpha value is -1.50. The number of nitrogens with zero attached hydrogens (tertiary/aromatic N) is 1. The Morgan fingerprint density at radius 1 is 1.31 bits per heavy atom. The minimum atomic E-state index is -0.911. The average Bonchev–Trinajstić information content (AvgIpc) is 2.43. The summed E-state index contributed by atoms with van der Waals surface area (Å²) in [5.74, 6) is -0.911. The fraction of sp³-hybridized carbons (Fsp3) is 0.556. The second kappa shape index (κ2) is 8.03. The van der Waals surface area contributed by atoms with Crippen LogP contribution in [0.4, 0.5) is 4.79 Å². The number of benzene rings is 1. The molecule has 1 heterocycles. The molecule has 0 aliphatic carbocycles. The second-order valence-electron chi connectivity index (χ2n) is 7.60. The van der Waals surface area contributed by atoms with Crippen LogP contribution in [0, 0.1) is 0 Å². The van der Waals surface area contributed by atoms with E-state index in [2.05, 4.69) is 5.32 Å². The van der Waals surface area contributed by atoms with E-state index in [9.17, 15) is 14.7 Å². The van der Waals surface area contributed by atoms with Crippen LogP contribution in [0.5, 0.6) is 0 Å². The Morgan fingerprint density at radius 2 is 1.96 bits per heavy atom. The summed E-state index contributed by atoms with van der Waals surface area (Å²) in [6.07, 6.45) is 0.130. The highest BCUT2D eigenvalue weighted by atomic mass is 35.5. The molecular formula is C18H24Cl2N2O4. The first-order valence-electron chi connectivity index (χ1n) is 8.38. The first kappa shape index (κ1) is 20.8. The Bertz CT molecular complexity index is 682. The van der Waals surface area contributed by atoms with Crippen molar-refractivity contribution in [3.05, 3.63) is 33.8 Å². The lowest BCUT2D eigenvalue weighted by molar-refractivity contribution is -0.141. The number of rotatable bonds is 6. The van der Waals surface area contributed by atoms with Crippen LogP contribution in [0.25, 0.3) is 0 Å². The van der Waals surface area contributed by atoms with Gasteiger partial charge in [0.1, 0.15) is 5.60 Å². The van der Waals surface area contributed by atoms with Gasteiger partial charge in [0.05, 0.1) is 12.0 Å². The number of aliphatic carboxylic acids is 1. The molecule has 6 nitrogen and oxygen atoms in total. The van der Waals surface area contributed by atoms with Crippen LogP contribution in [0.1, 0.15) is 32.8 Å². The van der Waals surface area contributed by atoms with Gasteiger partial charge in [-0.2, -0.15) is 0 Å². The van der Waals surface area contributed by atoms with Crippen molar-refractivity contribution in [2.45, 2.75) is 44.8 Å². The lowest BCUT2D eigenvalue weighted by atomic mass is 9.86. The second-order valence-corrected chi connectivity index (χ2v) is 8.44. The molecule has 0 bridgehead atoms. The number of carboxylic acids is 1. The Labute approximate surface area is 163 Å². The van der Waals surface area contributed by atoms with Crippen molar-refractivity contribution < 1.29 is 19.4 Å². The maximum absolute atomic E-state index is 12.1. The predicted octanol–water partition coefficient (Wildman–Crippen LogP) is 3.59. The number of hydrogen-bond acceptors (Lipinski definition) is 4. The molecule has 26 heavy (non-hydrogen) atoms. The zero-order valence-electron chi connectivity index (χ0n) is 15.1. The molecule has 1 saturated heterocycles. The molecule has 1 fully saturated rings. The van der Waals surface area contributed by atoms with Gasteiger partial charge in [0, 0.05) is 23.1 Å². The van der Waals surface area contributed by atoms with Crippen LogP contribution >= 0.6 is 23.2 Å². The van der Waals surface area contributed by atoms with E-state index in [1.165, 1.54) is 4.90 Å². The average molecular weight is 403 g/mol. The lowest BCUT2D eigenvalue weighted by Crippen LogP contribution is -2.71. The molecule has 2 rings (SSSR count). The predicted molar refractivity (Wildman–Crippen MR) is 101 cm³/mol. The van der Waals surface area contributed by atoms with Gasteiger partial charge in [-0.15, -0.1) is 0 Å². The van der Waals surface area contributed by atoms with Crippen LogP contribution in [0.3, 0.4) is 0 Å². The van der Waals surface area contributed by atoms with Crippen molar-refractivity contribution >= 4 is 35.3 Å². The van der Waals surface area contributed by atoms with Crippen LogP contribution in [0.15, 0.2) is 18.2 Å². The minimum absolute atomic E-state index is 0.0688. The number of carboxylic acid groups (broad SMARTS) is 1. The highest BCUT2D eigenvalue weighted by Crippen LogP contribution is 2.27. The zero-order chi connectivity index (χ0) is 19.5. The first-order valence-corrected chi connectivity index (χ1v) is 9.14. The fourth-order valence-corrected chi connectivity index (χ4v) is 3.41. The third-order valence-electron chi connectivity index (χ3n) is 4.04. The number of ether oxygens (including phenoxy) is 1. The summed E-state index contributed by atoms with van der Waals surface area (Å²) in [6, 6.07) is 5.30. The summed E-state index contributed by atoms with van der Waals surface area (Å²) in [7, 11) is 0. The minimum Gasteiger partial charge on any atom is -0.481 e. The number of halogens is 2.